The first kappa shape index (κ1) is 22.8. The van der Waals surface area contributed by atoms with Gasteiger partial charge in [0.25, 0.3) is 0 Å². The summed E-state index contributed by atoms with van der Waals surface area (Å²) in [6.07, 6.45) is 6.93. The number of piperidine rings is 1. The molecule has 1 unspecified atom stereocenters. The van der Waals surface area contributed by atoms with Gasteiger partial charge < -0.3 is 14.4 Å². The number of nitrogens with zero attached hydrogens (tertiary/aromatic N) is 3. The van der Waals surface area contributed by atoms with Crippen molar-refractivity contribution in [1.82, 2.24) is 14.9 Å². The van der Waals surface area contributed by atoms with E-state index in [0.29, 0.717) is 31.4 Å². The van der Waals surface area contributed by atoms with E-state index >= 15 is 0 Å². The monoisotopic (exact) mass is 464 g/mol. The number of hydrogen-bond donors (Lipinski definition) is 1. The lowest BCUT2D eigenvalue weighted by molar-refractivity contribution is 0.197. The molecule has 0 radical (unpaired) electrons. The van der Waals surface area contributed by atoms with Gasteiger partial charge in [-0.3, -0.25) is 5.32 Å². The van der Waals surface area contributed by atoms with Gasteiger partial charge in [-0.15, -0.1) is 0 Å². The Morgan fingerprint density at radius 2 is 2.21 bits per heavy atom. The van der Waals surface area contributed by atoms with Crippen LogP contribution in [0.25, 0.3) is 6.08 Å². The number of hydrogen-bond acceptors (Lipinski definition) is 6. The quantitative estimate of drug-likeness (QED) is 0.525. The van der Waals surface area contributed by atoms with Gasteiger partial charge in [0.1, 0.15) is 5.75 Å². The zero-order valence-corrected chi connectivity index (χ0v) is 19.7. The Morgan fingerprint density at radius 3 is 2.94 bits per heavy atom. The molecule has 2 aromatic heterocycles. The number of carbonyl (C=O) groups excluding carboxylic acids is 1. The van der Waals surface area contributed by atoms with E-state index in [1.54, 1.807) is 11.3 Å². The average Bonchev–Trinajstić information content (AvgIpc) is 3.35. The highest BCUT2D eigenvalue weighted by Gasteiger charge is 2.24. The summed E-state index contributed by atoms with van der Waals surface area (Å²) in [5.41, 5.74) is 3.76. The fourth-order valence-electron chi connectivity index (χ4n) is 3.75. The summed E-state index contributed by atoms with van der Waals surface area (Å²) in [6, 6.07) is 10.2. The van der Waals surface area contributed by atoms with Gasteiger partial charge in [-0.05, 0) is 52.4 Å². The van der Waals surface area contributed by atoms with Crippen LogP contribution < -0.4 is 14.8 Å². The van der Waals surface area contributed by atoms with Gasteiger partial charge in [0.15, 0.2) is 5.82 Å². The molecule has 33 heavy (non-hydrogen) atoms. The zero-order valence-electron chi connectivity index (χ0n) is 18.9. The summed E-state index contributed by atoms with van der Waals surface area (Å²) >= 11 is 1.71. The maximum Gasteiger partial charge on any atom is 0.323 e. The largest absolute Gasteiger partial charge is 0.493 e. The van der Waals surface area contributed by atoms with Gasteiger partial charge in [0.2, 0.25) is 5.88 Å². The first-order valence-electron chi connectivity index (χ1n) is 11.0. The Labute approximate surface area is 198 Å². The molecule has 3 heterocycles. The third-order valence-corrected chi connectivity index (χ3v) is 6.34. The molecule has 2 amide bonds. The van der Waals surface area contributed by atoms with Crippen LogP contribution in [0, 0.1) is 5.92 Å². The second-order valence-corrected chi connectivity index (χ2v) is 8.77. The van der Waals surface area contributed by atoms with E-state index < -0.39 is 0 Å². The van der Waals surface area contributed by atoms with Gasteiger partial charge in [-0.25, -0.2) is 14.8 Å². The van der Waals surface area contributed by atoms with Crippen molar-refractivity contribution in [3.8, 4) is 11.6 Å². The minimum Gasteiger partial charge on any atom is -0.493 e. The summed E-state index contributed by atoms with van der Waals surface area (Å²) in [5, 5.41) is 7.05. The van der Waals surface area contributed by atoms with Crippen LogP contribution >= 0.6 is 11.3 Å². The second-order valence-electron chi connectivity index (χ2n) is 7.99. The average molecular weight is 465 g/mol. The molecule has 7 nitrogen and oxygen atoms in total. The molecule has 1 saturated heterocycles. The van der Waals surface area contributed by atoms with E-state index in [4.69, 9.17) is 9.47 Å². The highest BCUT2D eigenvalue weighted by atomic mass is 32.1. The van der Waals surface area contributed by atoms with E-state index in [1.807, 2.05) is 17.0 Å². The molecule has 0 aliphatic carbocycles. The molecule has 3 aromatic rings. The van der Waals surface area contributed by atoms with Crippen LogP contribution in [-0.4, -0.2) is 47.7 Å². The number of rotatable bonds is 7. The van der Waals surface area contributed by atoms with Gasteiger partial charge in [0, 0.05) is 19.5 Å². The van der Waals surface area contributed by atoms with Crippen LogP contribution in [0.4, 0.5) is 10.6 Å². The third-order valence-electron chi connectivity index (χ3n) is 5.61. The maximum absolute atomic E-state index is 12.6. The number of benzene rings is 1. The molecule has 1 aliphatic heterocycles. The normalized spacial score (nSPS) is 17.1. The highest BCUT2D eigenvalue weighted by molar-refractivity contribution is 7.07. The molecule has 1 aromatic carbocycles. The number of carbonyl (C=O) groups is 1. The molecule has 1 atom stereocenters. The van der Waals surface area contributed by atoms with E-state index in [9.17, 15) is 4.79 Å². The van der Waals surface area contributed by atoms with Crippen LogP contribution in [-0.2, 0) is 6.42 Å². The molecule has 8 heteroatoms. The first-order chi connectivity index (χ1) is 16.1. The van der Waals surface area contributed by atoms with Crippen molar-refractivity contribution in [2.75, 3.05) is 32.1 Å². The molecule has 172 valence electrons. The van der Waals surface area contributed by atoms with Crippen molar-refractivity contribution in [3.63, 3.8) is 0 Å². The molecule has 1 aliphatic rings. The molecule has 4 rings (SSSR count). The van der Waals surface area contributed by atoms with Crippen molar-refractivity contribution in [3.05, 3.63) is 70.2 Å². The topological polar surface area (TPSA) is 76.6 Å². The lowest BCUT2D eigenvalue weighted by atomic mass is 9.91. The van der Waals surface area contributed by atoms with Gasteiger partial charge >= 0.3 is 6.03 Å². The third kappa shape index (κ3) is 6.32. The number of aromatic nitrogens is 2. The molecule has 0 saturated carbocycles. The smallest absolute Gasteiger partial charge is 0.323 e. The summed E-state index contributed by atoms with van der Waals surface area (Å²) in [6.45, 7) is 4.12. The highest BCUT2D eigenvalue weighted by Crippen LogP contribution is 2.26. The van der Waals surface area contributed by atoms with Crippen LogP contribution in [0.2, 0.25) is 0 Å². The fraction of sp³-hybridized carbons (Fsp3) is 0.320. The van der Waals surface area contributed by atoms with Gasteiger partial charge in [-0.1, -0.05) is 30.7 Å². The number of ether oxygens (including phenoxy) is 2. The van der Waals surface area contributed by atoms with E-state index in [0.717, 1.165) is 24.2 Å². The van der Waals surface area contributed by atoms with Gasteiger partial charge in [0.05, 0.1) is 26.1 Å². The Balaban J connectivity index is 1.31. The van der Waals surface area contributed by atoms with E-state index in [1.165, 1.54) is 30.6 Å². The molecule has 0 spiro atoms. The van der Waals surface area contributed by atoms with E-state index in [-0.39, 0.29) is 11.9 Å². The lowest BCUT2D eigenvalue weighted by Crippen LogP contribution is -2.42. The number of amides is 2. The van der Waals surface area contributed by atoms with Crippen LogP contribution in [0.5, 0.6) is 11.6 Å². The molecule has 1 N–H and O–H groups in total. The van der Waals surface area contributed by atoms with Gasteiger partial charge in [-0.2, -0.15) is 11.3 Å². The predicted molar refractivity (Wildman–Crippen MR) is 131 cm³/mol. The SMILES string of the molecule is COc1cnc(NC(=O)N2CCC(=Cc3cccc(OCCc4ccsc4)c3)C(C)C2)cn1. The number of urea groups is 1. The number of nitrogens with one attached hydrogen (secondary N) is 1. The molecule has 1 fully saturated rings. The van der Waals surface area contributed by atoms with Crippen molar-refractivity contribution in [1.29, 1.82) is 0 Å². The summed E-state index contributed by atoms with van der Waals surface area (Å²) in [5.74, 6) is 1.95. The summed E-state index contributed by atoms with van der Waals surface area (Å²) in [7, 11) is 1.53. The minimum atomic E-state index is -0.165. The Morgan fingerprint density at radius 1 is 1.30 bits per heavy atom. The Hall–Kier alpha value is -3.39. The Bertz CT molecular complexity index is 1080. The molecule has 0 bridgehead atoms. The van der Waals surface area contributed by atoms with Crippen molar-refractivity contribution < 1.29 is 14.3 Å². The maximum atomic E-state index is 12.6. The number of likely N-dealkylation sites (tertiary alicyclic amines) is 1. The minimum absolute atomic E-state index is 0.165. The number of thiophene rings is 1. The van der Waals surface area contributed by atoms with Crippen molar-refractivity contribution in [2.45, 2.75) is 19.8 Å². The van der Waals surface area contributed by atoms with Crippen LogP contribution in [0.1, 0.15) is 24.5 Å². The van der Waals surface area contributed by atoms with Crippen molar-refractivity contribution >= 4 is 29.3 Å². The fourth-order valence-corrected chi connectivity index (χ4v) is 4.46. The Kier molecular flexibility index (Phi) is 7.57. The second kappa shape index (κ2) is 11.0. The summed E-state index contributed by atoms with van der Waals surface area (Å²) in [4.78, 5) is 22.7. The van der Waals surface area contributed by atoms with Crippen LogP contribution in [0.3, 0.4) is 0 Å². The first-order valence-corrected chi connectivity index (χ1v) is 11.9. The predicted octanol–water partition coefficient (Wildman–Crippen LogP) is 5.13. The molecular weight excluding hydrogens is 436 g/mol. The lowest BCUT2D eigenvalue weighted by Gasteiger charge is -2.33. The number of methoxy groups -OCH3 is 1. The zero-order chi connectivity index (χ0) is 23.0. The number of anilines is 1. The van der Waals surface area contributed by atoms with E-state index in [2.05, 4.69) is 57.2 Å². The van der Waals surface area contributed by atoms with Crippen molar-refractivity contribution in [2.24, 2.45) is 5.92 Å². The molecular formula is C25H28N4O3S. The summed E-state index contributed by atoms with van der Waals surface area (Å²) < 4.78 is 10.9. The van der Waals surface area contributed by atoms with Crippen LogP contribution in [0.15, 0.2) is 59.1 Å². The standard InChI is InChI=1S/C25H28N4O3S/c1-18-16-29(25(30)28-23-14-27-24(31-2)15-26-23)9-6-21(18)12-20-4-3-5-22(13-20)32-10-7-19-8-11-33-17-19/h3-5,8,11-15,17-18H,6-7,9-10,16H2,1-2H3,(H,26,28,30).